The van der Waals surface area contributed by atoms with E-state index in [0.717, 1.165) is 24.1 Å². The molecule has 1 aromatic heterocycles. The molecule has 0 aliphatic heterocycles. The number of carbonyl (C=O) groups excluding carboxylic acids is 1. The number of para-hydroxylation sites is 1. The molecule has 0 N–H and O–H groups in total. The summed E-state index contributed by atoms with van der Waals surface area (Å²) in [6, 6.07) is 13.1. The van der Waals surface area contributed by atoms with Gasteiger partial charge in [-0.1, -0.05) is 39.0 Å². The van der Waals surface area contributed by atoms with Gasteiger partial charge in [0.15, 0.2) is 0 Å². The molecule has 0 fully saturated rings. The summed E-state index contributed by atoms with van der Waals surface area (Å²) >= 11 is 0. The summed E-state index contributed by atoms with van der Waals surface area (Å²) in [5.74, 6) is 1.19. The molecule has 1 amide bonds. The molecule has 5 nitrogen and oxygen atoms in total. The molecule has 1 unspecified atom stereocenters. The van der Waals surface area contributed by atoms with Gasteiger partial charge in [-0.25, -0.2) is 4.98 Å². The number of hydrogen-bond donors (Lipinski definition) is 0. The van der Waals surface area contributed by atoms with Crippen molar-refractivity contribution in [3.8, 4) is 5.69 Å². The van der Waals surface area contributed by atoms with Gasteiger partial charge in [-0.05, 0) is 74.9 Å². The minimum absolute atomic E-state index is 0.104. The van der Waals surface area contributed by atoms with E-state index in [1.807, 2.05) is 68.1 Å². The fourth-order valence-corrected chi connectivity index (χ4v) is 3.97. The highest BCUT2D eigenvalue weighted by molar-refractivity contribution is 5.79. The first-order valence-corrected chi connectivity index (χ1v) is 11.6. The van der Waals surface area contributed by atoms with Crippen LogP contribution in [0.3, 0.4) is 0 Å². The molecule has 0 saturated carbocycles. The van der Waals surface area contributed by atoms with E-state index in [1.54, 1.807) is 4.57 Å². The zero-order chi connectivity index (χ0) is 23.4. The molecule has 0 bridgehead atoms. The highest BCUT2D eigenvalue weighted by atomic mass is 16.2. The van der Waals surface area contributed by atoms with Crippen molar-refractivity contribution in [2.45, 2.75) is 66.8 Å². The average molecular weight is 434 g/mol. The predicted octanol–water partition coefficient (Wildman–Crippen LogP) is 5.74. The third kappa shape index (κ3) is 4.93. The van der Waals surface area contributed by atoms with E-state index in [0.29, 0.717) is 35.6 Å². The maximum atomic E-state index is 13.7. The number of benzene rings is 2. The molecule has 3 rings (SSSR count). The van der Waals surface area contributed by atoms with Gasteiger partial charge in [0.25, 0.3) is 5.56 Å². The first-order chi connectivity index (χ1) is 15.2. The molecule has 32 heavy (non-hydrogen) atoms. The summed E-state index contributed by atoms with van der Waals surface area (Å²) in [6.45, 7) is 13.1. The number of rotatable bonds is 8. The van der Waals surface area contributed by atoms with Crippen LogP contribution in [0.2, 0.25) is 0 Å². The second kappa shape index (κ2) is 10.1. The maximum Gasteiger partial charge on any atom is 0.266 e. The van der Waals surface area contributed by atoms with Crippen LogP contribution in [0.1, 0.15) is 70.0 Å². The Balaban J connectivity index is 2.23. The van der Waals surface area contributed by atoms with Crippen LogP contribution in [0.15, 0.2) is 47.3 Å². The first-order valence-electron chi connectivity index (χ1n) is 11.6. The molecule has 5 heteroatoms. The quantitative estimate of drug-likeness (QED) is 0.455. The Hall–Kier alpha value is -2.95. The standard InChI is InChI=1S/C27H35N3O2/c1-7-10-25(31)29(16-15-18(2)3)21(6)26-28-24-12-9-8-11-23(24)27(32)30(26)22-14-13-19(4)20(5)17-22/h8-9,11-14,17-18,21H,7,10,15-16H2,1-6H3. The van der Waals surface area contributed by atoms with E-state index in [4.69, 9.17) is 4.98 Å². The summed E-state index contributed by atoms with van der Waals surface area (Å²) in [4.78, 5) is 33.6. The van der Waals surface area contributed by atoms with Crippen molar-refractivity contribution in [2.75, 3.05) is 6.54 Å². The van der Waals surface area contributed by atoms with Crippen molar-refractivity contribution in [3.63, 3.8) is 0 Å². The van der Waals surface area contributed by atoms with Crippen LogP contribution < -0.4 is 5.56 Å². The van der Waals surface area contributed by atoms with Crippen LogP contribution in [0.4, 0.5) is 0 Å². The van der Waals surface area contributed by atoms with Gasteiger partial charge in [0.1, 0.15) is 5.82 Å². The van der Waals surface area contributed by atoms with Crippen molar-refractivity contribution >= 4 is 16.8 Å². The normalized spacial score (nSPS) is 12.3. The average Bonchev–Trinajstić information content (AvgIpc) is 2.75. The van der Waals surface area contributed by atoms with E-state index in [2.05, 4.69) is 20.8 Å². The number of fused-ring (bicyclic) bond motifs is 1. The van der Waals surface area contributed by atoms with Crippen LogP contribution in [-0.2, 0) is 4.79 Å². The zero-order valence-corrected chi connectivity index (χ0v) is 20.2. The predicted molar refractivity (Wildman–Crippen MR) is 131 cm³/mol. The third-order valence-electron chi connectivity index (χ3n) is 6.12. The number of nitrogens with zero attached hydrogens (tertiary/aromatic N) is 3. The third-order valence-corrected chi connectivity index (χ3v) is 6.12. The number of amides is 1. The lowest BCUT2D eigenvalue weighted by atomic mass is 10.1. The largest absolute Gasteiger partial charge is 0.333 e. The van der Waals surface area contributed by atoms with E-state index in [1.165, 1.54) is 5.56 Å². The fraction of sp³-hybridized carbons (Fsp3) is 0.444. The van der Waals surface area contributed by atoms with Crippen LogP contribution in [0.25, 0.3) is 16.6 Å². The monoisotopic (exact) mass is 433 g/mol. The lowest BCUT2D eigenvalue weighted by Crippen LogP contribution is -2.38. The summed E-state index contributed by atoms with van der Waals surface area (Å²) in [6.07, 6.45) is 2.18. The molecule has 2 aromatic carbocycles. The SMILES string of the molecule is CCCC(=O)N(CCC(C)C)C(C)c1nc2ccccc2c(=O)n1-c1ccc(C)c(C)c1. The van der Waals surface area contributed by atoms with Crippen LogP contribution >= 0.6 is 0 Å². The summed E-state index contributed by atoms with van der Waals surface area (Å²) in [7, 11) is 0. The molecule has 3 aromatic rings. The molecular weight excluding hydrogens is 398 g/mol. The second-order valence-electron chi connectivity index (χ2n) is 9.09. The Labute approximate surface area is 191 Å². The molecule has 1 heterocycles. The van der Waals surface area contributed by atoms with E-state index >= 15 is 0 Å². The number of aromatic nitrogens is 2. The number of hydrogen-bond acceptors (Lipinski definition) is 3. The molecular formula is C27H35N3O2. The van der Waals surface area contributed by atoms with Crippen LogP contribution in [-0.4, -0.2) is 26.9 Å². The highest BCUT2D eigenvalue weighted by Crippen LogP contribution is 2.25. The van der Waals surface area contributed by atoms with Crippen molar-refractivity contribution in [2.24, 2.45) is 5.92 Å². The van der Waals surface area contributed by atoms with Gasteiger partial charge < -0.3 is 4.90 Å². The highest BCUT2D eigenvalue weighted by Gasteiger charge is 2.26. The fourth-order valence-electron chi connectivity index (χ4n) is 3.97. The minimum atomic E-state index is -0.327. The summed E-state index contributed by atoms with van der Waals surface area (Å²) < 4.78 is 1.70. The Kier molecular flexibility index (Phi) is 7.49. The van der Waals surface area contributed by atoms with Gasteiger partial charge in [-0.2, -0.15) is 0 Å². The molecule has 0 aliphatic carbocycles. The van der Waals surface area contributed by atoms with Gasteiger partial charge >= 0.3 is 0 Å². The Morgan fingerprint density at radius 1 is 1.06 bits per heavy atom. The van der Waals surface area contributed by atoms with Gasteiger partial charge in [0, 0.05) is 13.0 Å². The number of carbonyl (C=O) groups is 1. The Morgan fingerprint density at radius 3 is 2.44 bits per heavy atom. The van der Waals surface area contributed by atoms with Crippen LogP contribution in [0.5, 0.6) is 0 Å². The molecule has 0 spiro atoms. The second-order valence-corrected chi connectivity index (χ2v) is 9.09. The van der Waals surface area contributed by atoms with Gasteiger partial charge in [-0.15, -0.1) is 0 Å². The van der Waals surface area contributed by atoms with Crippen molar-refractivity contribution < 1.29 is 4.79 Å². The molecule has 170 valence electrons. The smallest absolute Gasteiger partial charge is 0.266 e. The minimum Gasteiger partial charge on any atom is -0.333 e. The van der Waals surface area contributed by atoms with Crippen LogP contribution in [0, 0.1) is 19.8 Å². The van der Waals surface area contributed by atoms with Gasteiger partial charge in [0.05, 0.1) is 22.6 Å². The lowest BCUT2D eigenvalue weighted by Gasteiger charge is -2.31. The van der Waals surface area contributed by atoms with Gasteiger partial charge in [-0.3, -0.25) is 14.2 Å². The number of aryl methyl sites for hydroxylation is 2. The maximum absolute atomic E-state index is 13.7. The topological polar surface area (TPSA) is 55.2 Å². The van der Waals surface area contributed by atoms with E-state index in [-0.39, 0.29) is 17.5 Å². The van der Waals surface area contributed by atoms with Gasteiger partial charge in [0.2, 0.25) is 5.91 Å². The Bertz CT molecular complexity index is 1160. The molecule has 0 radical (unpaired) electrons. The van der Waals surface area contributed by atoms with Crippen molar-refractivity contribution in [1.29, 1.82) is 0 Å². The molecule has 0 saturated heterocycles. The first kappa shape index (κ1) is 23.7. The molecule has 0 aliphatic rings. The van der Waals surface area contributed by atoms with Crippen molar-refractivity contribution in [3.05, 3.63) is 69.8 Å². The summed E-state index contributed by atoms with van der Waals surface area (Å²) in [5, 5.41) is 0.579. The zero-order valence-electron chi connectivity index (χ0n) is 20.2. The molecule has 1 atom stereocenters. The Morgan fingerprint density at radius 2 is 1.78 bits per heavy atom. The van der Waals surface area contributed by atoms with E-state index < -0.39 is 0 Å². The summed E-state index contributed by atoms with van der Waals surface area (Å²) in [5.41, 5.74) is 3.62. The lowest BCUT2D eigenvalue weighted by molar-refractivity contribution is -0.133. The van der Waals surface area contributed by atoms with E-state index in [9.17, 15) is 9.59 Å². The van der Waals surface area contributed by atoms with Crippen molar-refractivity contribution in [1.82, 2.24) is 14.5 Å².